The topological polar surface area (TPSA) is 57.6 Å². The fraction of sp³-hybridized carbons (Fsp3) is 0.385. The Balaban J connectivity index is 2.29. The van der Waals surface area contributed by atoms with E-state index in [0.717, 1.165) is 17.7 Å². The standard InChI is InChI=1S/C13H15NO3/c1-2-9-5-3-4-6-11(9)14-8-10(13(16)17)7-12(14)15/h3-6,10H,2,7-8H2,1H3,(H,16,17)/t10-/m1/s1. The number of hydrogen-bond donors (Lipinski definition) is 1. The van der Waals surface area contributed by atoms with Crippen molar-refractivity contribution in [3.8, 4) is 0 Å². The molecule has 1 aliphatic heterocycles. The maximum absolute atomic E-state index is 11.8. The number of hydrogen-bond acceptors (Lipinski definition) is 2. The molecule has 1 saturated heterocycles. The lowest BCUT2D eigenvalue weighted by molar-refractivity contribution is -0.141. The van der Waals surface area contributed by atoms with Gasteiger partial charge in [0.15, 0.2) is 0 Å². The lowest BCUT2D eigenvalue weighted by Gasteiger charge is -2.19. The van der Waals surface area contributed by atoms with Crippen LogP contribution in [0.4, 0.5) is 5.69 Å². The van der Waals surface area contributed by atoms with E-state index in [-0.39, 0.29) is 18.9 Å². The monoisotopic (exact) mass is 233 g/mol. The number of anilines is 1. The molecule has 1 heterocycles. The van der Waals surface area contributed by atoms with Crippen LogP contribution in [0.25, 0.3) is 0 Å². The third-order valence-corrected chi connectivity index (χ3v) is 3.14. The van der Waals surface area contributed by atoms with Gasteiger partial charge in [-0.1, -0.05) is 25.1 Å². The largest absolute Gasteiger partial charge is 0.481 e. The predicted molar refractivity (Wildman–Crippen MR) is 63.9 cm³/mol. The number of nitrogens with zero attached hydrogens (tertiary/aromatic N) is 1. The molecule has 90 valence electrons. The minimum absolute atomic E-state index is 0.0988. The number of para-hydroxylation sites is 1. The number of carboxylic acids is 1. The molecule has 1 fully saturated rings. The molecule has 4 heteroatoms. The first-order chi connectivity index (χ1) is 8.13. The smallest absolute Gasteiger partial charge is 0.308 e. The zero-order valence-electron chi connectivity index (χ0n) is 9.72. The Morgan fingerprint density at radius 3 is 2.76 bits per heavy atom. The van der Waals surface area contributed by atoms with Crippen molar-refractivity contribution in [2.24, 2.45) is 5.92 Å². The SMILES string of the molecule is CCc1ccccc1N1C[C@H](C(=O)O)CC1=O. The summed E-state index contributed by atoms with van der Waals surface area (Å²) in [6, 6.07) is 7.64. The maximum Gasteiger partial charge on any atom is 0.308 e. The van der Waals surface area contributed by atoms with Crippen LogP contribution in [-0.4, -0.2) is 23.5 Å². The van der Waals surface area contributed by atoms with Gasteiger partial charge in [-0.15, -0.1) is 0 Å². The lowest BCUT2D eigenvalue weighted by Crippen LogP contribution is -2.26. The second kappa shape index (κ2) is 4.57. The molecule has 1 aliphatic rings. The van der Waals surface area contributed by atoms with Gasteiger partial charge in [0.05, 0.1) is 5.92 Å². The second-order valence-electron chi connectivity index (χ2n) is 4.23. The van der Waals surface area contributed by atoms with E-state index in [4.69, 9.17) is 5.11 Å². The summed E-state index contributed by atoms with van der Waals surface area (Å²) in [6.45, 7) is 2.30. The molecule has 0 unspecified atom stereocenters. The first kappa shape index (κ1) is 11.6. The number of carboxylic acid groups (broad SMARTS) is 1. The first-order valence-corrected chi connectivity index (χ1v) is 5.74. The van der Waals surface area contributed by atoms with Crippen molar-refractivity contribution in [3.05, 3.63) is 29.8 Å². The maximum atomic E-state index is 11.8. The van der Waals surface area contributed by atoms with E-state index in [2.05, 4.69) is 0 Å². The number of aryl methyl sites for hydroxylation is 1. The van der Waals surface area contributed by atoms with Crippen molar-refractivity contribution in [1.82, 2.24) is 0 Å². The van der Waals surface area contributed by atoms with Crippen LogP contribution in [0, 0.1) is 5.92 Å². The number of amides is 1. The van der Waals surface area contributed by atoms with E-state index in [9.17, 15) is 9.59 Å². The summed E-state index contributed by atoms with van der Waals surface area (Å²) >= 11 is 0. The van der Waals surface area contributed by atoms with Crippen molar-refractivity contribution in [3.63, 3.8) is 0 Å². The molecule has 0 aromatic heterocycles. The average molecular weight is 233 g/mol. The Labute approximate surface area is 99.9 Å². The molecule has 0 aliphatic carbocycles. The molecule has 0 radical (unpaired) electrons. The third-order valence-electron chi connectivity index (χ3n) is 3.14. The quantitative estimate of drug-likeness (QED) is 0.864. The minimum Gasteiger partial charge on any atom is -0.481 e. The van der Waals surface area contributed by atoms with Crippen LogP contribution in [-0.2, 0) is 16.0 Å². The zero-order chi connectivity index (χ0) is 12.4. The van der Waals surface area contributed by atoms with Gasteiger partial charge in [-0.3, -0.25) is 9.59 Å². The molecule has 0 spiro atoms. The van der Waals surface area contributed by atoms with Gasteiger partial charge < -0.3 is 10.0 Å². The van der Waals surface area contributed by atoms with Gasteiger partial charge in [0.25, 0.3) is 0 Å². The van der Waals surface area contributed by atoms with E-state index < -0.39 is 11.9 Å². The molecular formula is C13H15NO3. The molecule has 2 rings (SSSR count). The van der Waals surface area contributed by atoms with E-state index in [1.165, 1.54) is 0 Å². The summed E-state index contributed by atoms with van der Waals surface area (Å²) in [5.74, 6) is -1.57. The highest BCUT2D eigenvalue weighted by atomic mass is 16.4. The van der Waals surface area contributed by atoms with Crippen LogP contribution in [0.15, 0.2) is 24.3 Å². The molecule has 1 aromatic carbocycles. The number of rotatable bonds is 3. The molecule has 0 bridgehead atoms. The Morgan fingerprint density at radius 2 is 2.18 bits per heavy atom. The lowest BCUT2D eigenvalue weighted by atomic mass is 10.1. The number of aliphatic carboxylic acids is 1. The zero-order valence-corrected chi connectivity index (χ0v) is 9.72. The summed E-state index contributed by atoms with van der Waals surface area (Å²) < 4.78 is 0. The molecule has 1 aromatic rings. The number of carbonyl (C=O) groups is 2. The van der Waals surface area contributed by atoms with Gasteiger partial charge >= 0.3 is 5.97 Å². The van der Waals surface area contributed by atoms with Crippen molar-refractivity contribution >= 4 is 17.6 Å². The molecule has 1 N–H and O–H groups in total. The van der Waals surface area contributed by atoms with E-state index in [0.29, 0.717) is 0 Å². The highest BCUT2D eigenvalue weighted by Crippen LogP contribution is 2.28. The molecule has 1 amide bonds. The highest BCUT2D eigenvalue weighted by molar-refractivity contribution is 5.99. The van der Waals surface area contributed by atoms with Gasteiger partial charge in [-0.2, -0.15) is 0 Å². The van der Waals surface area contributed by atoms with Gasteiger partial charge in [-0.25, -0.2) is 0 Å². The number of carbonyl (C=O) groups excluding carboxylic acids is 1. The number of benzene rings is 1. The van der Waals surface area contributed by atoms with Gasteiger partial charge in [0.2, 0.25) is 5.91 Å². The van der Waals surface area contributed by atoms with Crippen molar-refractivity contribution in [1.29, 1.82) is 0 Å². The molecule has 17 heavy (non-hydrogen) atoms. The van der Waals surface area contributed by atoms with Crippen LogP contribution < -0.4 is 4.90 Å². The minimum atomic E-state index is -0.894. The average Bonchev–Trinajstić information content (AvgIpc) is 2.71. The second-order valence-corrected chi connectivity index (χ2v) is 4.23. The molecule has 4 nitrogen and oxygen atoms in total. The predicted octanol–water partition coefficient (Wildman–Crippen LogP) is 1.69. The van der Waals surface area contributed by atoms with Crippen LogP contribution >= 0.6 is 0 Å². The van der Waals surface area contributed by atoms with Gasteiger partial charge in [0, 0.05) is 18.7 Å². The molecular weight excluding hydrogens is 218 g/mol. The van der Waals surface area contributed by atoms with Crippen LogP contribution in [0.1, 0.15) is 18.9 Å². The van der Waals surface area contributed by atoms with Crippen molar-refractivity contribution < 1.29 is 14.7 Å². The Kier molecular flexibility index (Phi) is 3.13. The molecule has 1 atom stereocenters. The first-order valence-electron chi connectivity index (χ1n) is 5.74. The van der Waals surface area contributed by atoms with Crippen LogP contribution in [0.3, 0.4) is 0 Å². The fourth-order valence-corrected chi connectivity index (χ4v) is 2.18. The third kappa shape index (κ3) is 2.16. The summed E-state index contributed by atoms with van der Waals surface area (Å²) in [4.78, 5) is 24.3. The summed E-state index contributed by atoms with van der Waals surface area (Å²) in [5, 5.41) is 8.94. The molecule has 0 saturated carbocycles. The highest BCUT2D eigenvalue weighted by Gasteiger charge is 2.35. The summed E-state index contributed by atoms with van der Waals surface area (Å²) in [6.07, 6.45) is 0.936. The van der Waals surface area contributed by atoms with Crippen molar-refractivity contribution in [2.45, 2.75) is 19.8 Å². The van der Waals surface area contributed by atoms with Crippen LogP contribution in [0.5, 0.6) is 0 Å². The van der Waals surface area contributed by atoms with Crippen LogP contribution in [0.2, 0.25) is 0 Å². The summed E-state index contributed by atoms with van der Waals surface area (Å²) in [5.41, 5.74) is 1.93. The Bertz CT molecular complexity index is 456. The van der Waals surface area contributed by atoms with Gasteiger partial charge in [0.1, 0.15) is 0 Å². The van der Waals surface area contributed by atoms with Crippen molar-refractivity contribution in [2.75, 3.05) is 11.4 Å². The van der Waals surface area contributed by atoms with E-state index >= 15 is 0 Å². The van der Waals surface area contributed by atoms with E-state index in [1.807, 2.05) is 31.2 Å². The van der Waals surface area contributed by atoms with Gasteiger partial charge in [-0.05, 0) is 18.1 Å². The Hall–Kier alpha value is -1.84. The fourth-order valence-electron chi connectivity index (χ4n) is 2.18. The Morgan fingerprint density at radius 1 is 1.47 bits per heavy atom. The normalized spacial score (nSPS) is 19.7. The van der Waals surface area contributed by atoms with E-state index in [1.54, 1.807) is 4.90 Å². The summed E-state index contributed by atoms with van der Waals surface area (Å²) in [7, 11) is 0.